The van der Waals surface area contributed by atoms with E-state index in [0.717, 1.165) is 25.7 Å². The molecule has 92 valence electrons. The van der Waals surface area contributed by atoms with Crippen LogP contribution in [0.25, 0.3) is 0 Å². The van der Waals surface area contributed by atoms with Crippen molar-refractivity contribution in [2.75, 3.05) is 6.61 Å². The zero-order valence-electron chi connectivity index (χ0n) is 10.1. The van der Waals surface area contributed by atoms with E-state index < -0.39 is 0 Å². The topological polar surface area (TPSA) is 49.3 Å². The molecular formula is C13H23NO2. The smallest absolute Gasteiger partial charge is 0.223 e. The number of aliphatic hydroxyl groups excluding tert-OH is 1. The van der Waals surface area contributed by atoms with Gasteiger partial charge in [0.2, 0.25) is 5.91 Å². The van der Waals surface area contributed by atoms with E-state index in [1.807, 2.05) is 6.92 Å². The molecule has 3 nitrogen and oxygen atoms in total. The lowest BCUT2D eigenvalue weighted by Gasteiger charge is -2.28. The third-order valence-electron chi connectivity index (χ3n) is 4.19. The quantitative estimate of drug-likeness (QED) is 0.765. The zero-order valence-corrected chi connectivity index (χ0v) is 10.1. The third-order valence-corrected chi connectivity index (χ3v) is 4.19. The van der Waals surface area contributed by atoms with Crippen LogP contribution in [0, 0.1) is 17.8 Å². The number of hydrogen-bond donors (Lipinski definition) is 2. The van der Waals surface area contributed by atoms with Crippen LogP contribution in [0.3, 0.4) is 0 Å². The Bertz CT molecular complexity index is 242. The van der Waals surface area contributed by atoms with E-state index >= 15 is 0 Å². The van der Waals surface area contributed by atoms with Crippen LogP contribution < -0.4 is 5.32 Å². The lowest BCUT2D eigenvalue weighted by Crippen LogP contribution is -2.41. The van der Waals surface area contributed by atoms with Crippen LogP contribution >= 0.6 is 0 Å². The summed E-state index contributed by atoms with van der Waals surface area (Å²) in [5, 5.41) is 12.2. The second-order valence-corrected chi connectivity index (χ2v) is 5.53. The molecule has 2 aliphatic carbocycles. The van der Waals surface area contributed by atoms with Gasteiger partial charge in [0.05, 0.1) is 0 Å². The van der Waals surface area contributed by atoms with Crippen LogP contribution in [0.2, 0.25) is 0 Å². The molecule has 3 heteroatoms. The molecule has 0 aromatic carbocycles. The van der Waals surface area contributed by atoms with Crippen molar-refractivity contribution >= 4 is 5.91 Å². The first-order chi connectivity index (χ1) is 7.70. The van der Waals surface area contributed by atoms with Gasteiger partial charge in [-0.15, -0.1) is 0 Å². The molecule has 0 aliphatic heterocycles. The van der Waals surface area contributed by atoms with E-state index in [-0.39, 0.29) is 11.8 Å². The van der Waals surface area contributed by atoms with Crippen LogP contribution in [-0.2, 0) is 4.79 Å². The summed E-state index contributed by atoms with van der Waals surface area (Å²) in [6.07, 6.45) is 6.64. The first-order valence-corrected chi connectivity index (χ1v) is 6.62. The fourth-order valence-corrected chi connectivity index (χ4v) is 2.63. The predicted octanol–water partition coefficient (Wildman–Crippen LogP) is 1.70. The molecule has 16 heavy (non-hydrogen) atoms. The summed E-state index contributed by atoms with van der Waals surface area (Å²) in [7, 11) is 0. The van der Waals surface area contributed by atoms with Crippen molar-refractivity contribution in [2.24, 2.45) is 17.8 Å². The summed E-state index contributed by atoms with van der Waals surface area (Å²) in [5.74, 6) is 1.56. The van der Waals surface area contributed by atoms with Gasteiger partial charge in [0.15, 0.2) is 0 Å². The molecule has 0 aromatic rings. The number of nitrogens with one attached hydrogen (secondary N) is 1. The van der Waals surface area contributed by atoms with Gasteiger partial charge in [-0.3, -0.25) is 4.79 Å². The molecule has 0 saturated heterocycles. The van der Waals surface area contributed by atoms with Gasteiger partial charge in [0.25, 0.3) is 0 Å². The van der Waals surface area contributed by atoms with Gasteiger partial charge >= 0.3 is 0 Å². The maximum atomic E-state index is 11.9. The van der Waals surface area contributed by atoms with Crippen molar-refractivity contribution in [3.05, 3.63) is 0 Å². The summed E-state index contributed by atoms with van der Waals surface area (Å²) in [5.41, 5.74) is 0. The minimum atomic E-state index is 0.204. The van der Waals surface area contributed by atoms with Crippen molar-refractivity contribution in [1.29, 1.82) is 0 Å². The Morgan fingerprint density at radius 1 is 1.25 bits per heavy atom. The molecule has 0 spiro atoms. The third kappa shape index (κ3) is 2.97. The molecule has 2 saturated carbocycles. The van der Waals surface area contributed by atoms with Gasteiger partial charge in [0, 0.05) is 18.6 Å². The summed E-state index contributed by atoms with van der Waals surface area (Å²) in [6, 6.07) is 0.358. The number of hydrogen-bond acceptors (Lipinski definition) is 2. The molecule has 1 atom stereocenters. The van der Waals surface area contributed by atoms with Crippen LogP contribution in [-0.4, -0.2) is 23.7 Å². The van der Waals surface area contributed by atoms with Crippen LogP contribution in [0.5, 0.6) is 0 Å². The number of rotatable bonds is 4. The van der Waals surface area contributed by atoms with Crippen LogP contribution in [0.1, 0.15) is 45.4 Å². The highest BCUT2D eigenvalue weighted by Crippen LogP contribution is 2.36. The fourth-order valence-electron chi connectivity index (χ4n) is 2.63. The molecule has 0 heterocycles. The standard InChI is InChI=1S/C13H23NO2/c1-9(11-4-5-11)13(16)14-12-6-2-10(8-15)3-7-12/h9-12,15H,2-8H2,1H3,(H,14,16). The molecule has 0 bridgehead atoms. The Labute approximate surface area is 97.6 Å². The molecule has 2 aliphatic rings. The summed E-state index contributed by atoms with van der Waals surface area (Å²) in [6.45, 7) is 2.35. The Morgan fingerprint density at radius 3 is 2.38 bits per heavy atom. The maximum absolute atomic E-state index is 11.9. The Kier molecular flexibility index (Phi) is 3.85. The Balaban J connectivity index is 1.71. The molecule has 0 radical (unpaired) electrons. The van der Waals surface area contributed by atoms with Gasteiger partial charge in [-0.25, -0.2) is 0 Å². The van der Waals surface area contributed by atoms with Gasteiger partial charge < -0.3 is 10.4 Å². The normalized spacial score (nSPS) is 32.1. The second kappa shape index (κ2) is 5.17. The SMILES string of the molecule is CC(C(=O)NC1CCC(CO)CC1)C1CC1. The Hall–Kier alpha value is -0.570. The molecule has 2 fully saturated rings. The van der Waals surface area contributed by atoms with Gasteiger partial charge in [-0.1, -0.05) is 6.92 Å². The minimum absolute atomic E-state index is 0.204. The number of amides is 1. The monoisotopic (exact) mass is 225 g/mol. The van der Waals surface area contributed by atoms with Crippen LogP contribution in [0.15, 0.2) is 0 Å². The molecule has 1 amide bonds. The maximum Gasteiger partial charge on any atom is 0.223 e. The van der Waals surface area contributed by atoms with E-state index in [4.69, 9.17) is 5.11 Å². The van der Waals surface area contributed by atoms with Crippen molar-refractivity contribution in [1.82, 2.24) is 5.32 Å². The highest BCUT2D eigenvalue weighted by molar-refractivity contribution is 5.79. The molecule has 2 N–H and O–H groups in total. The fraction of sp³-hybridized carbons (Fsp3) is 0.923. The van der Waals surface area contributed by atoms with Crippen LogP contribution in [0.4, 0.5) is 0 Å². The van der Waals surface area contributed by atoms with Gasteiger partial charge in [-0.05, 0) is 50.4 Å². The molecule has 1 unspecified atom stereocenters. The number of aliphatic hydroxyl groups is 1. The van der Waals surface area contributed by atoms with E-state index in [1.54, 1.807) is 0 Å². The van der Waals surface area contributed by atoms with E-state index in [2.05, 4.69) is 5.32 Å². The number of carbonyl (C=O) groups is 1. The van der Waals surface area contributed by atoms with Crippen molar-refractivity contribution in [2.45, 2.75) is 51.5 Å². The number of carbonyl (C=O) groups excluding carboxylic acids is 1. The first-order valence-electron chi connectivity index (χ1n) is 6.62. The summed E-state index contributed by atoms with van der Waals surface area (Å²) >= 11 is 0. The van der Waals surface area contributed by atoms with Crippen molar-refractivity contribution in [3.63, 3.8) is 0 Å². The van der Waals surface area contributed by atoms with Crippen molar-refractivity contribution in [3.8, 4) is 0 Å². The first kappa shape index (κ1) is 11.9. The zero-order chi connectivity index (χ0) is 11.5. The molecule has 2 rings (SSSR count). The second-order valence-electron chi connectivity index (χ2n) is 5.53. The molecule has 0 aromatic heterocycles. The lowest BCUT2D eigenvalue weighted by molar-refractivity contribution is -0.126. The van der Waals surface area contributed by atoms with Gasteiger partial charge in [-0.2, -0.15) is 0 Å². The minimum Gasteiger partial charge on any atom is -0.396 e. The predicted molar refractivity (Wildman–Crippen MR) is 62.9 cm³/mol. The average Bonchev–Trinajstić information content (AvgIpc) is 3.13. The molecular weight excluding hydrogens is 202 g/mol. The van der Waals surface area contributed by atoms with Gasteiger partial charge in [0.1, 0.15) is 0 Å². The van der Waals surface area contributed by atoms with E-state index in [9.17, 15) is 4.79 Å². The van der Waals surface area contributed by atoms with E-state index in [1.165, 1.54) is 12.8 Å². The lowest BCUT2D eigenvalue weighted by atomic mass is 9.86. The summed E-state index contributed by atoms with van der Waals surface area (Å²) < 4.78 is 0. The highest BCUT2D eigenvalue weighted by atomic mass is 16.3. The summed E-state index contributed by atoms with van der Waals surface area (Å²) in [4.78, 5) is 11.9. The van der Waals surface area contributed by atoms with Crippen molar-refractivity contribution < 1.29 is 9.90 Å². The highest BCUT2D eigenvalue weighted by Gasteiger charge is 2.33. The van der Waals surface area contributed by atoms with E-state index in [0.29, 0.717) is 24.5 Å². The average molecular weight is 225 g/mol. The largest absolute Gasteiger partial charge is 0.396 e. The Morgan fingerprint density at radius 2 is 1.88 bits per heavy atom.